The second kappa shape index (κ2) is 7.11. The zero-order valence-electron chi connectivity index (χ0n) is 12.9. The van der Waals surface area contributed by atoms with E-state index in [9.17, 15) is 9.59 Å². The Morgan fingerprint density at radius 1 is 1.29 bits per heavy atom. The zero-order chi connectivity index (χ0) is 15.3. The third-order valence-corrected chi connectivity index (χ3v) is 4.74. The molecule has 2 fully saturated rings. The van der Waals surface area contributed by atoms with Crippen molar-refractivity contribution in [1.29, 1.82) is 0 Å². The van der Waals surface area contributed by atoms with Crippen LogP contribution in [0.4, 0.5) is 4.79 Å². The monoisotopic (exact) mass is 297 g/mol. The van der Waals surface area contributed by atoms with E-state index < -0.39 is 11.4 Å². The van der Waals surface area contributed by atoms with Gasteiger partial charge in [0.1, 0.15) is 0 Å². The third-order valence-electron chi connectivity index (χ3n) is 4.74. The number of nitrogens with one attached hydrogen (secondary N) is 2. The summed E-state index contributed by atoms with van der Waals surface area (Å²) in [6, 6.07) is 0.395. The Bertz CT molecular complexity index is 382. The summed E-state index contributed by atoms with van der Waals surface area (Å²) in [5.41, 5.74) is -0.694. The maximum absolute atomic E-state index is 11.6. The van der Waals surface area contributed by atoms with Crippen LogP contribution in [0, 0.1) is 5.41 Å². The van der Waals surface area contributed by atoms with Crippen LogP contribution in [-0.4, -0.2) is 54.2 Å². The first-order valence-corrected chi connectivity index (χ1v) is 8.03. The standard InChI is InChI=1S/C15H27N3O3/c1-12-5-2-3-9-18(12)10-4-8-16-14(21)17-11-15(6-7-15)13(19)20/h12H,2-11H2,1H3,(H,19,20)(H2,16,17,21). The third kappa shape index (κ3) is 4.59. The molecule has 1 saturated carbocycles. The molecule has 21 heavy (non-hydrogen) atoms. The van der Waals surface area contributed by atoms with E-state index in [1.54, 1.807) is 0 Å². The van der Waals surface area contributed by atoms with Gasteiger partial charge in [-0.25, -0.2) is 4.79 Å². The Kier molecular flexibility index (Phi) is 5.45. The molecular weight excluding hydrogens is 270 g/mol. The molecule has 0 aromatic rings. The SMILES string of the molecule is CC1CCCCN1CCCNC(=O)NCC1(C(=O)O)CC1. The Hall–Kier alpha value is -1.30. The molecule has 0 aromatic carbocycles. The highest BCUT2D eigenvalue weighted by Crippen LogP contribution is 2.45. The zero-order valence-corrected chi connectivity index (χ0v) is 12.9. The summed E-state index contributed by atoms with van der Waals surface area (Å²) in [6.45, 7) is 5.31. The molecule has 2 aliphatic rings. The summed E-state index contributed by atoms with van der Waals surface area (Å²) in [5.74, 6) is -0.804. The van der Waals surface area contributed by atoms with E-state index in [2.05, 4.69) is 22.5 Å². The predicted octanol–water partition coefficient (Wildman–Crippen LogP) is 1.41. The number of likely N-dealkylation sites (tertiary alicyclic amines) is 1. The van der Waals surface area contributed by atoms with Crippen LogP contribution in [0.5, 0.6) is 0 Å². The molecule has 0 bridgehead atoms. The number of carboxylic acids is 1. The number of hydrogen-bond acceptors (Lipinski definition) is 3. The number of carbonyl (C=O) groups excluding carboxylic acids is 1. The van der Waals surface area contributed by atoms with Gasteiger partial charge in [0.05, 0.1) is 5.41 Å². The van der Waals surface area contributed by atoms with Crippen molar-refractivity contribution in [3.8, 4) is 0 Å². The van der Waals surface area contributed by atoms with Crippen molar-refractivity contribution >= 4 is 12.0 Å². The molecule has 2 amide bonds. The van der Waals surface area contributed by atoms with Crippen LogP contribution in [-0.2, 0) is 4.79 Å². The lowest BCUT2D eigenvalue weighted by molar-refractivity contribution is -0.143. The molecular formula is C15H27N3O3. The summed E-state index contributed by atoms with van der Waals surface area (Å²) in [6.07, 6.45) is 6.12. The summed E-state index contributed by atoms with van der Waals surface area (Å²) in [7, 11) is 0. The fraction of sp³-hybridized carbons (Fsp3) is 0.867. The summed E-state index contributed by atoms with van der Waals surface area (Å²) >= 11 is 0. The summed E-state index contributed by atoms with van der Waals surface area (Å²) in [4.78, 5) is 25.1. The van der Waals surface area contributed by atoms with Crippen LogP contribution in [0.2, 0.25) is 0 Å². The quantitative estimate of drug-likeness (QED) is 0.621. The Morgan fingerprint density at radius 3 is 2.67 bits per heavy atom. The molecule has 3 N–H and O–H groups in total. The van der Waals surface area contributed by atoms with Crippen molar-refractivity contribution in [2.24, 2.45) is 5.41 Å². The molecule has 0 aromatic heterocycles. The maximum Gasteiger partial charge on any atom is 0.314 e. The Labute approximate surface area is 126 Å². The van der Waals surface area contributed by atoms with Crippen LogP contribution in [0.3, 0.4) is 0 Å². The van der Waals surface area contributed by atoms with Crippen molar-refractivity contribution in [2.45, 2.75) is 51.5 Å². The molecule has 2 rings (SSSR count). The maximum atomic E-state index is 11.6. The molecule has 0 radical (unpaired) electrons. The van der Waals surface area contributed by atoms with Crippen LogP contribution in [0.25, 0.3) is 0 Å². The van der Waals surface area contributed by atoms with Crippen LogP contribution >= 0.6 is 0 Å². The van der Waals surface area contributed by atoms with E-state index >= 15 is 0 Å². The number of aliphatic carboxylic acids is 1. The molecule has 1 heterocycles. The van der Waals surface area contributed by atoms with Gasteiger partial charge in [0.15, 0.2) is 0 Å². The molecule has 1 aliphatic heterocycles. The predicted molar refractivity (Wildman–Crippen MR) is 80.2 cm³/mol. The number of hydrogen-bond donors (Lipinski definition) is 3. The minimum Gasteiger partial charge on any atom is -0.481 e. The second-order valence-electron chi connectivity index (χ2n) is 6.43. The van der Waals surface area contributed by atoms with Crippen LogP contribution in [0.1, 0.15) is 45.4 Å². The van der Waals surface area contributed by atoms with Gasteiger partial charge in [0, 0.05) is 25.7 Å². The minimum absolute atomic E-state index is 0.233. The van der Waals surface area contributed by atoms with Crippen molar-refractivity contribution < 1.29 is 14.7 Å². The topological polar surface area (TPSA) is 81.7 Å². The minimum atomic E-state index is -0.804. The van der Waals surface area contributed by atoms with Crippen molar-refractivity contribution in [1.82, 2.24) is 15.5 Å². The highest BCUT2D eigenvalue weighted by molar-refractivity contribution is 5.80. The smallest absolute Gasteiger partial charge is 0.314 e. The van der Waals surface area contributed by atoms with Gasteiger partial charge < -0.3 is 20.6 Å². The first-order chi connectivity index (χ1) is 10.0. The second-order valence-corrected chi connectivity index (χ2v) is 6.43. The van der Waals surface area contributed by atoms with E-state index in [1.165, 1.54) is 19.3 Å². The number of carbonyl (C=O) groups is 2. The van der Waals surface area contributed by atoms with Gasteiger partial charge in [-0.2, -0.15) is 0 Å². The molecule has 1 unspecified atom stereocenters. The molecule has 6 nitrogen and oxygen atoms in total. The molecule has 1 saturated heterocycles. The summed E-state index contributed by atoms with van der Waals surface area (Å²) < 4.78 is 0. The van der Waals surface area contributed by atoms with Gasteiger partial charge in [0.2, 0.25) is 0 Å². The van der Waals surface area contributed by atoms with Gasteiger partial charge in [-0.1, -0.05) is 6.42 Å². The van der Waals surface area contributed by atoms with Gasteiger partial charge in [-0.3, -0.25) is 4.79 Å². The average molecular weight is 297 g/mol. The molecule has 0 spiro atoms. The van der Waals surface area contributed by atoms with E-state index in [0.717, 1.165) is 19.5 Å². The van der Waals surface area contributed by atoms with Crippen LogP contribution < -0.4 is 10.6 Å². The van der Waals surface area contributed by atoms with E-state index in [0.29, 0.717) is 25.4 Å². The number of amides is 2. The lowest BCUT2D eigenvalue weighted by Crippen LogP contribution is -2.42. The van der Waals surface area contributed by atoms with Crippen molar-refractivity contribution in [3.63, 3.8) is 0 Å². The number of nitrogens with zero attached hydrogens (tertiary/aromatic N) is 1. The lowest BCUT2D eigenvalue weighted by Gasteiger charge is -2.33. The Morgan fingerprint density at radius 2 is 2.05 bits per heavy atom. The lowest BCUT2D eigenvalue weighted by atomic mass is 10.0. The van der Waals surface area contributed by atoms with Crippen LogP contribution in [0.15, 0.2) is 0 Å². The first-order valence-electron chi connectivity index (χ1n) is 8.03. The first kappa shape index (κ1) is 16.1. The summed E-state index contributed by atoms with van der Waals surface area (Å²) in [5, 5.41) is 14.5. The van der Waals surface area contributed by atoms with Gasteiger partial charge >= 0.3 is 12.0 Å². The van der Waals surface area contributed by atoms with E-state index in [-0.39, 0.29) is 12.6 Å². The number of rotatable bonds is 7. The fourth-order valence-electron chi connectivity index (χ4n) is 2.90. The van der Waals surface area contributed by atoms with Gasteiger partial charge in [-0.15, -0.1) is 0 Å². The van der Waals surface area contributed by atoms with Gasteiger partial charge in [-0.05, 0) is 45.6 Å². The molecule has 1 atom stereocenters. The normalized spacial score (nSPS) is 24.3. The average Bonchev–Trinajstić information content (AvgIpc) is 3.24. The number of piperidine rings is 1. The number of urea groups is 1. The van der Waals surface area contributed by atoms with Gasteiger partial charge in [0.25, 0.3) is 0 Å². The molecule has 6 heteroatoms. The van der Waals surface area contributed by atoms with Crippen molar-refractivity contribution in [2.75, 3.05) is 26.2 Å². The highest BCUT2D eigenvalue weighted by Gasteiger charge is 2.50. The molecule has 1 aliphatic carbocycles. The molecule has 120 valence electrons. The fourth-order valence-corrected chi connectivity index (χ4v) is 2.90. The largest absolute Gasteiger partial charge is 0.481 e. The number of carboxylic acid groups (broad SMARTS) is 1. The van der Waals surface area contributed by atoms with E-state index in [1.807, 2.05) is 0 Å². The van der Waals surface area contributed by atoms with E-state index in [4.69, 9.17) is 5.11 Å². The van der Waals surface area contributed by atoms with Crippen molar-refractivity contribution in [3.05, 3.63) is 0 Å². The highest BCUT2D eigenvalue weighted by atomic mass is 16.4. The Balaban J connectivity index is 1.54.